The van der Waals surface area contributed by atoms with Crippen LogP contribution in [-0.4, -0.2) is 9.55 Å². The molecule has 0 bridgehead atoms. The van der Waals surface area contributed by atoms with E-state index in [0.717, 1.165) is 11.1 Å². The molecule has 0 aliphatic heterocycles. The van der Waals surface area contributed by atoms with Gasteiger partial charge in [-0.05, 0) is 42.7 Å². The van der Waals surface area contributed by atoms with Crippen molar-refractivity contribution in [2.75, 3.05) is 0 Å². The van der Waals surface area contributed by atoms with Gasteiger partial charge < -0.3 is 9.30 Å². The fraction of sp³-hybridized carbons (Fsp3) is 0.250. The maximum Gasteiger partial charge on any atom is 0.102 e. The Bertz CT molecular complexity index is 847. The van der Waals surface area contributed by atoms with Crippen molar-refractivity contribution < 1.29 is 4.74 Å². The van der Waals surface area contributed by atoms with Crippen molar-refractivity contribution in [3.8, 4) is 0 Å². The predicted octanol–water partition coefficient (Wildman–Crippen LogP) is 5.76. The maximum absolute atomic E-state index is 6.40. The summed E-state index contributed by atoms with van der Waals surface area (Å²) in [4.78, 5) is 4.10. The van der Waals surface area contributed by atoms with Crippen LogP contribution in [0.15, 0.2) is 55.1 Å². The number of imidazole rings is 1. The number of hydrogen-bond acceptors (Lipinski definition) is 2. The molecule has 3 rings (SSSR count). The quantitative estimate of drug-likeness (QED) is 0.547. The van der Waals surface area contributed by atoms with E-state index in [-0.39, 0.29) is 6.10 Å². The molecule has 1 aromatic heterocycles. The van der Waals surface area contributed by atoms with Crippen molar-refractivity contribution in [2.24, 2.45) is 0 Å². The van der Waals surface area contributed by atoms with Gasteiger partial charge in [-0.1, -0.05) is 47.5 Å². The van der Waals surface area contributed by atoms with Crippen molar-refractivity contribution in [3.05, 3.63) is 87.4 Å². The van der Waals surface area contributed by atoms with Crippen LogP contribution >= 0.6 is 23.2 Å². The Kier molecular flexibility index (Phi) is 5.79. The average molecular weight is 375 g/mol. The van der Waals surface area contributed by atoms with Gasteiger partial charge in [0.25, 0.3) is 0 Å². The van der Waals surface area contributed by atoms with Crippen LogP contribution in [0.5, 0.6) is 0 Å². The first kappa shape index (κ1) is 18.0. The lowest BCUT2D eigenvalue weighted by Crippen LogP contribution is -2.12. The lowest BCUT2D eigenvalue weighted by atomic mass is 10.1. The summed E-state index contributed by atoms with van der Waals surface area (Å²) in [6.07, 6.45) is 5.25. The normalized spacial score (nSPS) is 12.3. The third kappa shape index (κ3) is 4.63. The summed E-state index contributed by atoms with van der Waals surface area (Å²) in [7, 11) is 0. The highest BCUT2D eigenvalue weighted by Gasteiger charge is 2.17. The minimum Gasteiger partial charge on any atom is -0.367 e. The fourth-order valence-corrected chi connectivity index (χ4v) is 3.21. The van der Waals surface area contributed by atoms with Crippen LogP contribution in [0.1, 0.15) is 28.4 Å². The third-order valence-electron chi connectivity index (χ3n) is 4.27. The second-order valence-electron chi connectivity index (χ2n) is 6.14. The third-order valence-corrected chi connectivity index (χ3v) is 4.83. The van der Waals surface area contributed by atoms with E-state index in [0.29, 0.717) is 23.2 Å². The van der Waals surface area contributed by atoms with Gasteiger partial charge in [0.2, 0.25) is 0 Å². The molecule has 1 unspecified atom stereocenters. The number of halogens is 2. The van der Waals surface area contributed by atoms with Crippen molar-refractivity contribution in [2.45, 2.75) is 33.1 Å². The smallest absolute Gasteiger partial charge is 0.102 e. The number of benzene rings is 2. The van der Waals surface area contributed by atoms with E-state index < -0.39 is 0 Å². The number of rotatable bonds is 6. The molecule has 0 aliphatic carbocycles. The Balaban J connectivity index is 1.81. The Morgan fingerprint density at radius 1 is 1.08 bits per heavy atom. The first-order valence-electron chi connectivity index (χ1n) is 8.11. The molecule has 25 heavy (non-hydrogen) atoms. The zero-order valence-electron chi connectivity index (χ0n) is 14.2. The summed E-state index contributed by atoms with van der Waals surface area (Å²) >= 11 is 12.4. The first-order valence-corrected chi connectivity index (χ1v) is 8.87. The van der Waals surface area contributed by atoms with E-state index in [1.165, 1.54) is 11.1 Å². The van der Waals surface area contributed by atoms with Crippen molar-refractivity contribution in [1.29, 1.82) is 0 Å². The molecule has 0 N–H and O–H groups in total. The van der Waals surface area contributed by atoms with Gasteiger partial charge in [-0.25, -0.2) is 4.98 Å². The molecular weight excluding hydrogens is 355 g/mol. The highest BCUT2D eigenvalue weighted by molar-refractivity contribution is 6.35. The summed E-state index contributed by atoms with van der Waals surface area (Å²) in [5.74, 6) is 0. The van der Waals surface area contributed by atoms with E-state index in [2.05, 4.69) is 37.0 Å². The van der Waals surface area contributed by atoms with E-state index in [1.807, 2.05) is 22.9 Å². The fourth-order valence-electron chi connectivity index (χ4n) is 2.68. The number of aryl methyl sites for hydroxylation is 2. The number of nitrogens with zero attached hydrogens (tertiary/aromatic N) is 2. The molecule has 0 spiro atoms. The number of ether oxygens (including phenoxy) is 1. The monoisotopic (exact) mass is 374 g/mol. The Morgan fingerprint density at radius 3 is 2.60 bits per heavy atom. The van der Waals surface area contributed by atoms with Gasteiger partial charge in [-0.3, -0.25) is 0 Å². The van der Waals surface area contributed by atoms with Gasteiger partial charge in [0.15, 0.2) is 0 Å². The highest BCUT2D eigenvalue weighted by atomic mass is 35.5. The number of hydrogen-bond donors (Lipinski definition) is 0. The van der Waals surface area contributed by atoms with Crippen LogP contribution < -0.4 is 0 Å². The molecule has 0 fully saturated rings. The second kappa shape index (κ2) is 8.05. The van der Waals surface area contributed by atoms with Crippen LogP contribution in [0.3, 0.4) is 0 Å². The average Bonchev–Trinajstić information content (AvgIpc) is 3.08. The molecule has 130 valence electrons. The second-order valence-corrected chi connectivity index (χ2v) is 6.99. The molecule has 1 atom stereocenters. The minimum absolute atomic E-state index is 0.194. The molecule has 1 heterocycles. The molecule has 3 nitrogen and oxygen atoms in total. The van der Waals surface area contributed by atoms with Gasteiger partial charge in [0.1, 0.15) is 6.10 Å². The van der Waals surface area contributed by atoms with Gasteiger partial charge in [-0.2, -0.15) is 0 Å². The van der Waals surface area contributed by atoms with Crippen molar-refractivity contribution in [3.63, 3.8) is 0 Å². The van der Waals surface area contributed by atoms with Crippen molar-refractivity contribution in [1.82, 2.24) is 9.55 Å². The lowest BCUT2D eigenvalue weighted by Gasteiger charge is -2.20. The summed E-state index contributed by atoms with van der Waals surface area (Å²) in [6, 6.07) is 11.9. The molecule has 2 aromatic carbocycles. The molecule has 0 saturated heterocycles. The minimum atomic E-state index is -0.194. The maximum atomic E-state index is 6.40. The topological polar surface area (TPSA) is 27.1 Å². The van der Waals surface area contributed by atoms with Gasteiger partial charge in [0.05, 0.1) is 19.5 Å². The molecule has 0 saturated carbocycles. The van der Waals surface area contributed by atoms with Crippen LogP contribution in [0, 0.1) is 13.8 Å². The molecule has 0 aliphatic rings. The van der Waals surface area contributed by atoms with Crippen LogP contribution in [0.4, 0.5) is 0 Å². The van der Waals surface area contributed by atoms with E-state index in [9.17, 15) is 0 Å². The highest BCUT2D eigenvalue weighted by Crippen LogP contribution is 2.30. The van der Waals surface area contributed by atoms with Gasteiger partial charge >= 0.3 is 0 Å². The first-order chi connectivity index (χ1) is 12.0. The van der Waals surface area contributed by atoms with Crippen LogP contribution in [0.2, 0.25) is 10.0 Å². The zero-order chi connectivity index (χ0) is 17.8. The van der Waals surface area contributed by atoms with Crippen molar-refractivity contribution >= 4 is 23.2 Å². The molecule has 3 aromatic rings. The molecule has 0 amide bonds. The molecule has 0 radical (unpaired) electrons. The Hall–Kier alpha value is -1.81. The van der Waals surface area contributed by atoms with E-state index in [4.69, 9.17) is 27.9 Å². The standard InChI is InChI=1S/C20H20Cl2N2O/c1-14-3-4-16(9-15(14)2)12-25-20(11-24-8-7-23-13-24)18-6-5-17(21)10-19(18)22/h3-10,13,20H,11-12H2,1-2H3. The number of aromatic nitrogens is 2. The zero-order valence-corrected chi connectivity index (χ0v) is 15.8. The van der Waals surface area contributed by atoms with Crippen LogP contribution in [-0.2, 0) is 17.9 Å². The molecule has 5 heteroatoms. The van der Waals surface area contributed by atoms with Gasteiger partial charge in [0, 0.05) is 28.0 Å². The van der Waals surface area contributed by atoms with Gasteiger partial charge in [-0.15, -0.1) is 0 Å². The van der Waals surface area contributed by atoms with E-state index >= 15 is 0 Å². The predicted molar refractivity (Wildman–Crippen MR) is 102 cm³/mol. The Morgan fingerprint density at radius 2 is 1.92 bits per heavy atom. The largest absolute Gasteiger partial charge is 0.367 e. The molecular formula is C20H20Cl2N2O. The Labute approximate surface area is 158 Å². The summed E-state index contributed by atoms with van der Waals surface area (Å²) in [5.41, 5.74) is 4.60. The lowest BCUT2D eigenvalue weighted by molar-refractivity contribution is 0.0280. The summed E-state index contributed by atoms with van der Waals surface area (Å²) in [5, 5.41) is 1.22. The summed E-state index contributed by atoms with van der Waals surface area (Å²) < 4.78 is 8.21. The SMILES string of the molecule is Cc1ccc(COC(Cn2ccnc2)c2ccc(Cl)cc2Cl)cc1C. The van der Waals surface area contributed by atoms with Crippen LogP contribution in [0.25, 0.3) is 0 Å². The van der Waals surface area contributed by atoms with E-state index in [1.54, 1.807) is 18.6 Å². The summed E-state index contributed by atoms with van der Waals surface area (Å²) in [6.45, 7) is 5.36.